The predicted molar refractivity (Wildman–Crippen MR) is 97.4 cm³/mol. The van der Waals surface area contributed by atoms with Crippen LogP contribution < -0.4 is 5.56 Å². The molecule has 6 heteroatoms. The molecule has 0 spiro atoms. The van der Waals surface area contributed by atoms with Crippen molar-refractivity contribution in [1.29, 1.82) is 0 Å². The number of aromatic carboxylic acids is 1. The summed E-state index contributed by atoms with van der Waals surface area (Å²) in [6, 6.07) is 11.8. The number of rotatable bonds is 4. The van der Waals surface area contributed by atoms with E-state index in [1.165, 1.54) is 10.6 Å². The average molecular weight is 354 g/mol. The van der Waals surface area contributed by atoms with Crippen LogP contribution in [0.5, 0.6) is 0 Å². The minimum absolute atomic E-state index is 0.130. The largest absolute Gasteiger partial charge is 0.478 e. The van der Waals surface area contributed by atoms with Gasteiger partial charge in [0.25, 0.3) is 11.5 Å². The van der Waals surface area contributed by atoms with Gasteiger partial charge in [-0.05, 0) is 42.9 Å². The van der Waals surface area contributed by atoms with Gasteiger partial charge < -0.3 is 14.6 Å². The molecular weight excluding hydrogens is 332 g/mol. The van der Waals surface area contributed by atoms with Crippen molar-refractivity contribution in [2.24, 2.45) is 13.0 Å². The van der Waals surface area contributed by atoms with E-state index in [1.807, 2.05) is 12.1 Å². The van der Waals surface area contributed by atoms with E-state index in [0.29, 0.717) is 36.7 Å². The molecule has 1 aliphatic rings. The molecular formula is C20H22N2O4. The zero-order valence-corrected chi connectivity index (χ0v) is 14.7. The summed E-state index contributed by atoms with van der Waals surface area (Å²) in [5, 5.41) is 9.30. The first kappa shape index (κ1) is 17.9. The van der Waals surface area contributed by atoms with Gasteiger partial charge in [-0.3, -0.25) is 9.59 Å². The van der Waals surface area contributed by atoms with E-state index in [2.05, 4.69) is 0 Å². The van der Waals surface area contributed by atoms with Crippen LogP contribution in [-0.2, 0) is 13.5 Å². The van der Waals surface area contributed by atoms with E-state index in [-0.39, 0.29) is 11.5 Å². The van der Waals surface area contributed by atoms with Crippen molar-refractivity contribution in [2.45, 2.75) is 19.3 Å². The Morgan fingerprint density at radius 3 is 2.46 bits per heavy atom. The highest BCUT2D eigenvalue weighted by Gasteiger charge is 2.25. The van der Waals surface area contributed by atoms with Crippen molar-refractivity contribution in [1.82, 2.24) is 9.47 Å². The third-order valence-corrected chi connectivity index (χ3v) is 5.06. The Morgan fingerprint density at radius 1 is 1.08 bits per heavy atom. The average Bonchev–Trinajstić information content (AvgIpc) is 2.64. The molecule has 0 aliphatic carbocycles. The molecule has 2 heterocycles. The number of carboxylic acids is 1. The maximum atomic E-state index is 12.7. The summed E-state index contributed by atoms with van der Waals surface area (Å²) in [4.78, 5) is 37.5. The number of carbonyl (C=O) groups excluding carboxylic acids is 1. The molecule has 26 heavy (non-hydrogen) atoms. The van der Waals surface area contributed by atoms with Crippen molar-refractivity contribution < 1.29 is 14.7 Å². The highest BCUT2D eigenvalue weighted by Crippen LogP contribution is 2.24. The number of carboxylic acid groups (broad SMARTS) is 1. The molecule has 0 atom stereocenters. The van der Waals surface area contributed by atoms with Crippen LogP contribution in [0.3, 0.4) is 0 Å². The molecule has 0 saturated carbocycles. The molecule has 1 aromatic carbocycles. The van der Waals surface area contributed by atoms with E-state index in [4.69, 9.17) is 0 Å². The number of hydrogen-bond acceptors (Lipinski definition) is 3. The number of amides is 1. The molecule has 3 rings (SSSR count). The van der Waals surface area contributed by atoms with Crippen LogP contribution in [0.4, 0.5) is 0 Å². The van der Waals surface area contributed by atoms with Gasteiger partial charge >= 0.3 is 5.97 Å². The van der Waals surface area contributed by atoms with Gasteiger partial charge in [-0.15, -0.1) is 0 Å². The summed E-state index contributed by atoms with van der Waals surface area (Å²) in [5.41, 5.74) is 1.39. The van der Waals surface area contributed by atoms with E-state index < -0.39 is 5.97 Å². The fourth-order valence-corrected chi connectivity index (χ4v) is 3.50. The lowest BCUT2D eigenvalue weighted by molar-refractivity contribution is 0.0679. The van der Waals surface area contributed by atoms with Crippen LogP contribution in [0.2, 0.25) is 0 Å². The molecule has 1 amide bonds. The van der Waals surface area contributed by atoms with Crippen LogP contribution in [0, 0.1) is 5.92 Å². The van der Waals surface area contributed by atoms with Crippen LogP contribution in [0.1, 0.15) is 39.3 Å². The third-order valence-electron chi connectivity index (χ3n) is 5.06. The van der Waals surface area contributed by atoms with Gasteiger partial charge in [-0.1, -0.05) is 24.3 Å². The maximum Gasteiger partial charge on any atom is 0.335 e. The Bertz CT molecular complexity index is 879. The van der Waals surface area contributed by atoms with Crippen molar-refractivity contribution in [3.63, 3.8) is 0 Å². The second-order valence-electron chi connectivity index (χ2n) is 6.71. The SMILES string of the molecule is Cn1c(C(=O)N2CCC(Cc3ccccc3C(=O)O)CC2)cccc1=O. The Hall–Kier alpha value is -2.89. The van der Waals surface area contributed by atoms with Crippen LogP contribution in [-0.4, -0.2) is 39.5 Å². The maximum absolute atomic E-state index is 12.7. The monoisotopic (exact) mass is 354 g/mol. The molecule has 0 radical (unpaired) electrons. The summed E-state index contributed by atoms with van der Waals surface area (Å²) < 4.78 is 1.37. The normalized spacial score (nSPS) is 15.0. The van der Waals surface area contributed by atoms with Gasteiger partial charge in [0.15, 0.2) is 0 Å². The van der Waals surface area contributed by atoms with Crippen LogP contribution in [0.25, 0.3) is 0 Å². The van der Waals surface area contributed by atoms with Gasteiger partial charge in [0.1, 0.15) is 5.69 Å². The molecule has 0 bridgehead atoms. The Labute approximate surface area is 151 Å². The lowest BCUT2D eigenvalue weighted by Crippen LogP contribution is -2.41. The molecule has 1 fully saturated rings. The zero-order chi connectivity index (χ0) is 18.7. The summed E-state index contributed by atoms with van der Waals surface area (Å²) >= 11 is 0. The second kappa shape index (κ2) is 7.56. The van der Waals surface area contributed by atoms with Gasteiger partial charge in [0.05, 0.1) is 5.56 Å². The van der Waals surface area contributed by atoms with Crippen LogP contribution >= 0.6 is 0 Å². The van der Waals surface area contributed by atoms with Crippen molar-refractivity contribution in [2.75, 3.05) is 13.1 Å². The zero-order valence-electron chi connectivity index (χ0n) is 14.7. The lowest BCUT2D eigenvalue weighted by Gasteiger charge is -2.32. The fraction of sp³-hybridized carbons (Fsp3) is 0.350. The molecule has 2 aromatic rings. The van der Waals surface area contributed by atoms with E-state index in [9.17, 15) is 19.5 Å². The van der Waals surface area contributed by atoms with E-state index >= 15 is 0 Å². The van der Waals surface area contributed by atoms with Crippen LogP contribution in [0.15, 0.2) is 47.3 Å². The van der Waals surface area contributed by atoms with Gasteiger partial charge in [0.2, 0.25) is 0 Å². The summed E-state index contributed by atoms with van der Waals surface area (Å²) in [7, 11) is 1.60. The first-order valence-corrected chi connectivity index (χ1v) is 8.74. The Balaban J connectivity index is 1.65. The number of benzene rings is 1. The topological polar surface area (TPSA) is 79.6 Å². The number of pyridine rings is 1. The smallest absolute Gasteiger partial charge is 0.335 e. The van der Waals surface area contributed by atoms with Gasteiger partial charge in [-0.2, -0.15) is 0 Å². The highest BCUT2D eigenvalue weighted by molar-refractivity contribution is 5.92. The lowest BCUT2D eigenvalue weighted by atomic mass is 9.88. The standard InChI is InChI=1S/C20H22N2O4/c1-21-17(7-4-8-18(21)23)19(24)22-11-9-14(10-12-22)13-15-5-2-3-6-16(15)20(25)26/h2-8,14H,9-13H2,1H3,(H,25,26). The number of carbonyl (C=O) groups is 2. The third kappa shape index (κ3) is 3.69. The second-order valence-corrected chi connectivity index (χ2v) is 6.71. The van der Waals surface area contributed by atoms with Crippen molar-refractivity contribution in [3.05, 3.63) is 69.6 Å². The first-order chi connectivity index (χ1) is 12.5. The van der Waals surface area contributed by atoms with Crippen molar-refractivity contribution >= 4 is 11.9 Å². The first-order valence-electron chi connectivity index (χ1n) is 8.74. The molecule has 1 aliphatic heterocycles. The number of likely N-dealkylation sites (tertiary alicyclic amines) is 1. The Morgan fingerprint density at radius 2 is 1.77 bits per heavy atom. The minimum Gasteiger partial charge on any atom is -0.478 e. The van der Waals surface area contributed by atoms with Gasteiger partial charge in [-0.25, -0.2) is 4.79 Å². The van der Waals surface area contributed by atoms with Gasteiger partial charge in [0, 0.05) is 26.2 Å². The summed E-state index contributed by atoms with van der Waals surface area (Å²) in [6.45, 7) is 1.23. The number of hydrogen-bond donors (Lipinski definition) is 1. The number of nitrogens with zero attached hydrogens (tertiary/aromatic N) is 2. The summed E-state index contributed by atoms with van der Waals surface area (Å²) in [5.74, 6) is -0.688. The number of piperidine rings is 1. The molecule has 1 saturated heterocycles. The molecule has 1 N–H and O–H groups in total. The van der Waals surface area contributed by atoms with Crippen molar-refractivity contribution in [3.8, 4) is 0 Å². The molecule has 0 unspecified atom stereocenters. The van der Waals surface area contributed by atoms with E-state index in [0.717, 1.165) is 18.4 Å². The number of aromatic nitrogens is 1. The molecule has 136 valence electrons. The minimum atomic E-state index is -0.904. The van der Waals surface area contributed by atoms with E-state index in [1.54, 1.807) is 36.2 Å². The quantitative estimate of drug-likeness (QED) is 0.913. The highest BCUT2D eigenvalue weighted by atomic mass is 16.4. The Kier molecular flexibility index (Phi) is 5.21. The molecule has 1 aromatic heterocycles. The predicted octanol–water partition coefficient (Wildman–Crippen LogP) is 2.18. The summed E-state index contributed by atoms with van der Waals surface area (Å²) in [6.07, 6.45) is 2.34. The fourth-order valence-electron chi connectivity index (χ4n) is 3.50. The molecule has 6 nitrogen and oxygen atoms in total.